The van der Waals surface area contributed by atoms with Crippen molar-refractivity contribution in [1.82, 2.24) is 0 Å². The molecule has 0 bridgehead atoms. The van der Waals surface area contributed by atoms with Gasteiger partial charge in [0, 0.05) is 9.13 Å². The second-order valence-electron chi connectivity index (χ2n) is 3.70. The molecule has 0 aliphatic carbocycles. The third kappa shape index (κ3) is 3.21. The van der Waals surface area contributed by atoms with E-state index >= 15 is 0 Å². The third-order valence-electron chi connectivity index (χ3n) is 2.46. The van der Waals surface area contributed by atoms with Crippen LogP contribution in [0.5, 0.6) is 0 Å². The number of ketones is 1. The number of rotatable bonds is 3. The predicted octanol–water partition coefficient (Wildman–Crippen LogP) is 4.84. The molecule has 0 N–H and O–H groups in total. The third-order valence-corrected chi connectivity index (χ3v) is 3.77. The van der Waals surface area contributed by atoms with Gasteiger partial charge in [0.2, 0.25) is 0 Å². The summed E-state index contributed by atoms with van der Waals surface area (Å²) in [5, 5.41) is 0.481. The monoisotopic (exact) mass is 368 g/mol. The minimum atomic E-state index is -0.0831. The number of carbonyl (C=O) groups excluding carboxylic acids is 1. The van der Waals surface area contributed by atoms with Crippen molar-refractivity contribution in [3.8, 4) is 0 Å². The molecule has 0 aliphatic heterocycles. The van der Waals surface area contributed by atoms with Crippen LogP contribution in [0.25, 0.3) is 6.08 Å². The number of carbonyl (C=O) groups is 1. The molecule has 18 heavy (non-hydrogen) atoms. The standard InChI is InChI=1S/C15H10ClIO/c16-13-7-3-2-6-12(13)15(18)10-9-11-5-1-4-8-14(11)17/h1-10H/b10-9+. The van der Waals surface area contributed by atoms with E-state index in [1.807, 2.05) is 36.4 Å². The van der Waals surface area contributed by atoms with Gasteiger partial charge in [0.15, 0.2) is 5.78 Å². The first-order valence-corrected chi connectivity index (χ1v) is 6.85. The largest absolute Gasteiger partial charge is 0.289 e. The minimum absolute atomic E-state index is 0.0831. The van der Waals surface area contributed by atoms with E-state index in [-0.39, 0.29) is 5.78 Å². The molecule has 0 saturated carbocycles. The highest BCUT2D eigenvalue weighted by atomic mass is 127. The Labute approximate surface area is 125 Å². The molecule has 0 amide bonds. The minimum Gasteiger partial charge on any atom is -0.289 e. The van der Waals surface area contributed by atoms with Crippen LogP contribution >= 0.6 is 34.2 Å². The van der Waals surface area contributed by atoms with E-state index < -0.39 is 0 Å². The lowest BCUT2D eigenvalue weighted by atomic mass is 10.1. The van der Waals surface area contributed by atoms with Gasteiger partial charge < -0.3 is 0 Å². The maximum Gasteiger partial charge on any atom is 0.187 e. The van der Waals surface area contributed by atoms with E-state index in [1.54, 1.807) is 24.3 Å². The lowest BCUT2D eigenvalue weighted by molar-refractivity contribution is 0.104. The summed E-state index contributed by atoms with van der Waals surface area (Å²) in [4.78, 5) is 12.0. The van der Waals surface area contributed by atoms with Crippen LogP contribution < -0.4 is 0 Å². The zero-order valence-electron chi connectivity index (χ0n) is 9.44. The van der Waals surface area contributed by atoms with Crippen molar-refractivity contribution in [1.29, 1.82) is 0 Å². The average molecular weight is 369 g/mol. The molecule has 2 rings (SSSR count). The van der Waals surface area contributed by atoms with Crippen molar-refractivity contribution in [3.63, 3.8) is 0 Å². The van der Waals surface area contributed by atoms with Crippen molar-refractivity contribution < 1.29 is 4.79 Å². The first-order valence-electron chi connectivity index (χ1n) is 5.40. The highest BCUT2D eigenvalue weighted by Gasteiger charge is 2.05. The summed E-state index contributed by atoms with van der Waals surface area (Å²) >= 11 is 8.22. The normalized spacial score (nSPS) is 10.8. The average Bonchev–Trinajstić information content (AvgIpc) is 2.38. The second kappa shape index (κ2) is 6.16. The summed E-state index contributed by atoms with van der Waals surface area (Å²) in [5.74, 6) is -0.0831. The molecule has 90 valence electrons. The van der Waals surface area contributed by atoms with E-state index in [0.29, 0.717) is 10.6 Å². The van der Waals surface area contributed by atoms with Crippen molar-refractivity contribution >= 4 is 46.1 Å². The van der Waals surface area contributed by atoms with Crippen molar-refractivity contribution in [3.05, 3.63) is 74.3 Å². The van der Waals surface area contributed by atoms with Crippen LogP contribution in [0.2, 0.25) is 5.02 Å². The fourth-order valence-electron chi connectivity index (χ4n) is 1.53. The summed E-state index contributed by atoms with van der Waals surface area (Å²) in [7, 11) is 0. The molecule has 0 spiro atoms. The Bertz CT molecular complexity index is 605. The Morgan fingerprint density at radius 2 is 1.72 bits per heavy atom. The summed E-state index contributed by atoms with van der Waals surface area (Å²) in [6.07, 6.45) is 3.37. The van der Waals surface area contributed by atoms with Gasteiger partial charge in [-0.3, -0.25) is 4.79 Å². The van der Waals surface area contributed by atoms with Gasteiger partial charge in [-0.2, -0.15) is 0 Å². The Morgan fingerprint density at radius 3 is 2.44 bits per heavy atom. The fraction of sp³-hybridized carbons (Fsp3) is 0. The first-order chi connectivity index (χ1) is 8.68. The molecule has 2 aromatic rings. The molecule has 0 atom stereocenters. The lowest BCUT2D eigenvalue weighted by Gasteiger charge is -1.99. The van der Waals surface area contributed by atoms with Crippen LogP contribution in [0.1, 0.15) is 15.9 Å². The van der Waals surface area contributed by atoms with E-state index in [1.165, 1.54) is 0 Å². The molecule has 0 aromatic heterocycles. The number of halogens is 2. The summed E-state index contributed by atoms with van der Waals surface area (Å²) < 4.78 is 1.11. The van der Waals surface area contributed by atoms with Crippen LogP contribution in [-0.4, -0.2) is 5.78 Å². The van der Waals surface area contributed by atoms with Crippen molar-refractivity contribution in [2.75, 3.05) is 0 Å². The number of hydrogen-bond acceptors (Lipinski definition) is 1. The van der Waals surface area contributed by atoms with Crippen LogP contribution in [0.4, 0.5) is 0 Å². The van der Waals surface area contributed by atoms with Gasteiger partial charge in [-0.05, 0) is 52.4 Å². The smallest absolute Gasteiger partial charge is 0.187 e. The van der Waals surface area contributed by atoms with Crippen LogP contribution in [0.3, 0.4) is 0 Å². The predicted molar refractivity (Wildman–Crippen MR) is 84.0 cm³/mol. The zero-order valence-corrected chi connectivity index (χ0v) is 12.4. The molecule has 0 aliphatic rings. The molecule has 0 unspecified atom stereocenters. The number of benzene rings is 2. The SMILES string of the molecule is O=C(/C=C/c1ccccc1I)c1ccccc1Cl. The maximum absolute atomic E-state index is 12.0. The summed E-state index contributed by atoms with van der Waals surface area (Å²) in [5.41, 5.74) is 1.56. The van der Waals surface area contributed by atoms with Crippen molar-refractivity contribution in [2.45, 2.75) is 0 Å². The topological polar surface area (TPSA) is 17.1 Å². The maximum atomic E-state index is 12.0. The summed E-state index contributed by atoms with van der Waals surface area (Å²) in [6.45, 7) is 0. The Balaban J connectivity index is 2.23. The highest BCUT2D eigenvalue weighted by Crippen LogP contribution is 2.17. The molecule has 0 saturated heterocycles. The van der Waals surface area contributed by atoms with Gasteiger partial charge in [0.05, 0.1) is 5.02 Å². The van der Waals surface area contributed by atoms with Gasteiger partial charge >= 0.3 is 0 Å². The lowest BCUT2D eigenvalue weighted by Crippen LogP contribution is -1.94. The zero-order chi connectivity index (χ0) is 13.0. The van der Waals surface area contributed by atoms with Crippen LogP contribution in [0, 0.1) is 3.57 Å². The second-order valence-corrected chi connectivity index (χ2v) is 5.27. The van der Waals surface area contributed by atoms with E-state index in [4.69, 9.17) is 11.6 Å². The summed E-state index contributed by atoms with van der Waals surface area (Å²) in [6, 6.07) is 14.9. The quantitative estimate of drug-likeness (QED) is 0.430. The molecular weight excluding hydrogens is 359 g/mol. The van der Waals surface area contributed by atoms with Crippen LogP contribution in [-0.2, 0) is 0 Å². The van der Waals surface area contributed by atoms with Gasteiger partial charge in [0.25, 0.3) is 0 Å². The molecular formula is C15H10ClIO. The molecule has 0 radical (unpaired) electrons. The molecule has 1 nitrogen and oxygen atoms in total. The van der Waals surface area contributed by atoms with Crippen LogP contribution in [0.15, 0.2) is 54.6 Å². The Kier molecular flexibility index (Phi) is 4.55. The highest BCUT2D eigenvalue weighted by molar-refractivity contribution is 14.1. The number of hydrogen-bond donors (Lipinski definition) is 0. The molecule has 0 heterocycles. The van der Waals surface area contributed by atoms with Gasteiger partial charge in [-0.25, -0.2) is 0 Å². The Hall–Kier alpha value is -1.13. The Morgan fingerprint density at radius 1 is 1.06 bits per heavy atom. The number of allylic oxidation sites excluding steroid dienone is 1. The fourth-order valence-corrected chi connectivity index (χ4v) is 2.32. The van der Waals surface area contributed by atoms with E-state index in [2.05, 4.69) is 22.6 Å². The van der Waals surface area contributed by atoms with Gasteiger partial charge in [0.1, 0.15) is 0 Å². The van der Waals surface area contributed by atoms with Crippen molar-refractivity contribution in [2.24, 2.45) is 0 Å². The van der Waals surface area contributed by atoms with Gasteiger partial charge in [-0.15, -0.1) is 0 Å². The molecule has 2 aromatic carbocycles. The van der Waals surface area contributed by atoms with E-state index in [0.717, 1.165) is 9.13 Å². The molecule has 3 heteroatoms. The van der Waals surface area contributed by atoms with Gasteiger partial charge in [-0.1, -0.05) is 48.0 Å². The van der Waals surface area contributed by atoms with E-state index in [9.17, 15) is 4.79 Å². The molecule has 0 fully saturated rings. The first kappa shape index (κ1) is 13.3.